The third kappa shape index (κ3) is 4.22. The Morgan fingerprint density at radius 1 is 1.08 bits per heavy atom. The molecule has 1 fully saturated rings. The van der Waals surface area contributed by atoms with Gasteiger partial charge in [0.05, 0.1) is 12.3 Å². The summed E-state index contributed by atoms with van der Waals surface area (Å²) >= 11 is 0. The van der Waals surface area contributed by atoms with Gasteiger partial charge in [-0.15, -0.1) is 0 Å². The van der Waals surface area contributed by atoms with Gasteiger partial charge >= 0.3 is 6.18 Å². The summed E-state index contributed by atoms with van der Waals surface area (Å²) in [6.45, 7) is -0.790. The summed E-state index contributed by atoms with van der Waals surface area (Å²) in [7, 11) is 0. The highest BCUT2D eigenvalue weighted by atomic mass is 19.4. The first kappa shape index (κ1) is 18.6. The van der Waals surface area contributed by atoms with Crippen LogP contribution < -0.4 is 0 Å². The van der Waals surface area contributed by atoms with Gasteiger partial charge in [-0.1, -0.05) is 18.2 Å². The van der Waals surface area contributed by atoms with Crippen LogP contribution in [0.4, 0.5) is 18.9 Å². The molecule has 24 heavy (non-hydrogen) atoms. The average Bonchev–Trinajstić information content (AvgIpc) is 2.54. The van der Waals surface area contributed by atoms with Gasteiger partial charge in [-0.25, -0.2) is 4.99 Å². The molecular formula is C14H16F3NO6. The summed E-state index contributed by atoms with van der Waals surface area (Å²) in [5, 5.41) is 37.9. The zero-order valence-electron chi connectivity index (χ0n) is 12.2. The molecule has 1 aromatic rings. The summed E-state index contributed by atoms with van der Waals surface area (Å²) in [6, 6.07) is 7.15. The van der Waals surface area contributed by atoms with Gasteiger partial charge in [0.1, 0.15) is 24.4 Å². The highest BCUT2D eigenvalue weighted by Gasteiger charge is 2.48. The van der Waals surface area contributed by atoms with Gasteiger partial charge in [-0.05, 0) is 12.1 Å². The topological polar surface area (TPSA) is 112 Å². The number of benzene rings is 1. The number of aliphatic hydroxyl groups excluding tert-OH is 4. The molecule has 1 aliphatic rings. The van der Waals surface area contributed by atoms with E-state index < -0.39 is 49.4 Å². The van der Waals surface area contributed by atoms with E-state index in [0.717, 1.165) is 0 Å². The molecule has 1 heterocycles. The molecule has 2 rings (SSSR count). The maximum atomic E-state index is 13.1. The standard InChI is InChI=1S/C14H16F3NO6/c15-14(16,17)13(18-7-4-2-1-3-5-7)24-12-11(22)10(21)9(20)8(6-19)23-12/h1-5,8-12,19-22H,6H2/b18-13+/t8-,9+,10+,11-,12?/m1/s1. The van der Waals surface area contributed by atoms with Crippen LogP contribution in [0, 0.1) is 0 Å². The van der Waals surface area contributed by atoms with Crippen molar-refractivity contribution in [1.82, 2.24) is 0 Å². The fraction of sp³-hybridized carbons (Fsp3) is 0.500. The Balaban J connectivity index is 2.25. The van der Waals surface area contributed by atoms with Crippen molar-refractivity contribution in [2.45, 2.75) is 36.9 Å². The van der Waals surface area contributed by atoms with Crippen LogP contribution in [-0.4, -0.2) is 69.8 Å². The van der Waals surface area contributed by atoms with Gasteiger partial charge in [0.25, 0.3) is 5.90 Å². The van der Waals surface area contributed by atoms with E-state index in [4.69, 9.17) is 9.84 Å². The number of nitrogens with zero attached hydrogens (tertiary/aromatic N) is 1. The number of hydrogen-bond donors (Lipinski definition) is 4. The zero-order valence-corrected chi connectivity index (χ0v) is 12.2. The molecule has 4 N–H and O–H groups in total. The first-order valence-electron chi connectivity index (χ1n) is 6.92. The number of ether oxygens (including phenoxy) is 2. The normalized spacial score (nSPS) is 31.8. The van der Waals surface area contributed by atoms with Gasteiger partial charge in [-0.2, -0.15) is 13.2 Å². The van der Waals surface area contributed by atoms with Crippen LogP contribution in [0.1, 0.15) is 0 Å². The predicted molar refractivity (Wildman–Crippen MR) is 74.4 cm³/mol. The minimum Gasteiger partial charge on any atom is -0.441 e. The molecule has 1 aromatic carbocycles. The molecule has 0 aromatic heterocycles. The van der Waals surface area contributed by atoms with Gasteiger partial charge in [0, 0.05) is 0 Å². The minimum atomic E-state index is -4.99. The first-order chi connectivity index (χ1) is 11.2. The second-order valence-electron chi connectivity index (χ2n) is 5.07. The Labute approximate surface area is 134 Å². The van der Waals surface area contributed by atoms with E-state index >= 15 is 0 Å². The van der Waals surface area contributed by atoms with Gasteiger partial charge in [-0.3, -0.25) is 0 Å². The molecule has 10 heteroatoms. The van der Waals surface area contributed by atoms with E-state index in [0.29, 0.717) is 0 Å². The lowest BCUT2D eigenvalue weighted by atomic mass is 9.99. The van der Waals surface area contributed by atoms with Crippen molar-refractivity contribution in [2.24, 2.45) is 4.99 Å². The van der Waals surface area contributed by atoms with Crippen LogP contribution in [0.15, 0.2) is 35.3 Å². The number of aliphatic hydroxyl groups is 4. The molecule has 7 nitrogen and oxygen atoms in total. The van der Waals surface area contributed by atoms with Crippen molar-refractivity contribution in [3.63, 3.8) is 0 Å². The van der Waals surface area contributed by atoms with E-state index in [1.807, 2.05) is 0 Å². The Morgan fingerprint density at radius 2 is 1.71 bits per heavy atom. The summed E-state index contributed by atoms with van der Waals surface area (Å²) in [4.78, 5) is 3.33. The molecule has 0 saturated carbocycles. The lowest BCUT2D eigenvalue weighted by molar-refractivity contribution is -0.285. The van der Waals surface area contributed by atoms with Crippen molar-refractivity contribution in [3.8, 4) is 0 Å². The van der Waals surface area contributed by atoms with Gasteiger partial charge < -0.3 is 29.9 Å². The fourth-order valence-corrected chi connectivity index (χ4v) is 2.05. The van der Waals surface area contributed by atoms with E-state index in [2.05, 4.69) is 9.73 Å². The Bertz CT molecular complexity index is 565. The van der Waals surface area contributed by atoms with E-state index in [1.165, 1.54) is 24.3 Å². The lowest BCUT2D eigenvalue weighted by Gasteiger charge is -2.39. The van der Waals surface area contributed by atoms with Crippen LogP contribution in [0.2, 0.25) is 0 Å². The van der Waals surface area contributed by atoms with Crippen molar-refractivity contribution in [2.75, 3.05) is 6.61 Å². The van der Waals surface area contributed by atoms with Crippen LogP contribution in [0.25, 0.3) is 0 Å². The van der Waals surface area contributed by atoms with Crippen molar-refractivity contribution < 1.29 is 43.1 Å². The van der Waals surface area contributed by atoms with Crippen LogP contribution >= 0.6 is 0 Å². The molecule has 1 aliphatic heterocycles. The molecule has 134 valence electrons. The average molecular weight is 351 g/mol. The summed E-state index contributed by atoms with van der Waals surface area (Å²) in [5.41, 5.74) is -0.0468. The summed E-state index contributed by atoms with van der Waals surface area (Å²) in [5.74, 6) is -1.70. The fourth-order valence-electron chi connectivity index (χ4n) is 2.05. The van der Waals surface area contributed by atoms with Crippen LogP contribution in [-0.2, 0) is 9.47 Å². The van der Waals surface area contributed by atoms with Gasteiger partial charge in [0.2, 0.25) is 6.29 Å². The summed E-state index contributed by atoms with van der Waals surface area (Å²) in [6.07, 6.45) is -13.9. The molecule has 5 atom stereocenters. The SMILES string of the molecule is OC[C@H]1OC(O/C(=N/c2ccccc2)C(F)(F)F)[C@H](O)[C@@H](O)[C@H]1O. The monoisotopic (exact) mass is 351 g/mol. The quantitative estimate of drug-likeness (QED) is 0.454. The van der Waals surface area contributed by atoms with E-state index in [1.54, 1.807) is 6.07 Å². The maximum Gasteiger partial charge on any atom is 0.468 e. The number of halogens is 3. The number of para-hydroxylation sites is 1. The lowest BCUT2D eigenvalue weighted by Crippen LogP contribution is -2.59. The smallest absolute Gasteiger partial charge is 0.441 e. The Kier molecular flexibility index (Phi) is 5.78. The third-order valence-corrected chi connectivity index (χ3v) is 3.31. The summed E-state index contributed by atoms with van der Waals surface area (Å²) < 4.78 is 48.7. The molecular weight excluding hydrogens is 335 g/mol. The number of hydrogen-bond acceptors (Lipinski definition) is 7. The highest BCUT2D eigenvalue weighted by Crippen LogP contribution is 2.27. The zero-order chi connectivity index (χ0) is 17.9. The molecule has 1 saturated heterocycles. The van der Waals surface area contributed by atoms with E-state index in [-0.39, 0.29) is 5.69 Å². The van der Waals surface area contributed by atoms with Gasteiger partial charge in [0.15, 0.2) is 0 Å². The molecule has 0 radical (unpaired) electrons. The van der Waals surface area contributed by atoms with Crippen molar-refractivity contribution in [3.05, 3.63) is 30.3 Å². The third-order valence-electron chi connectivity index (χ3n) is 3.31. The largest absolute Gasteiger partial charge is 0.468 e. The number of alkyl halides is 3. The Hall–Kier alpha value is -1.72. The highest BCUT2D eigenvalue weighted by molar-refractivity contribution is 5.84. The van der Waals surface area contributed by atoms with Crippen LogP contribution in [0.3, 0.4) is 0 Å². The van der Waals surface area contributed by atoms with Crippen LogP contribution in [0.5, 0.6) is 0 Å². The Morgan fingerprint density at radius 3 is 2.25 bits per heavy atom. The number of aliphatic imine (C=N–C) groups is 1. The molecule has 1 unspecified atom stereocenters. The van der Waals surface area contributed by atoms with Crippen molar-refractivity contribution in [1.29, 1.82) is 0 Å². The molecule has 0 bridgehead atoms. The second-order valence-corrected chi connectivity index (χ2v) is 5.07. The molecule has 0 spiro atoms. The van der Waals surface area contributed by atoms with E-state index in [9.17, 15) is 28.5 Å². The molecule has 0 amide bonds. The molecule has 0 aliphatic carbocycles. The second kappa shape index (κ2) is 7.45. The minimum absolute atomic E-state index is 0.0468. The first-order valence-corrected chi connectivity index (χ1v) is 6.92. The number of rotatable bonds is 3. The van der Waals surface area contributed by atoms with Crippen molar-refractivity contribution >= 4 is 11.6 Å². The maximum absolute atomic E-state index is 13.1. The predicted octanol–water partition coefficient (Wildman–Crippen LogP) is 0.0954.